The Labute approximate surface area is 106 Å². The van der Waals surface area contributed by atoms with Gasteiger partial charge in [-0.2, -0.15) is 13.2 Å². The van der Waals surface area contributed by atoms with E-state index in [1.165, 1.54) is 6.92 Å². The monoisotopic (exact) mass is 276 g/mol. The van der Waals surface area contributed by atoms with Crippen molar-refractivity contribution in [3.05, 3.63) is 29.3 Å². The maximum absolute atomic E-state index is 12.4. The molecule has 0 unspecified atom stereocenters. The molecular weight excluding hydrogens is 265 g/mol. The van der Waals surface area contributed by atoms with Gasteiger partial charge in [0.25, 0.3) is 5.91 Å². The normalized spacial score (nSPS) is 12.8. The van der Waals surface area contributed by atoms with Crippen molar-refractivity contribution in [2.75, 3.05) is 5.73 Å². The van der Waals surface area contributed by atoms with E-state index in [1.54, 1.807) is 0 Å². The number of benzene rings is 1. The summed E-state index contributed by atoms with van der Waals surface area (Å²) in [5.74, 6) is -1.89. The van der Waals surface area contributed by atoms with Gasteiger partial charge in [0.1, 0.15) is 0 Å². The predicted octanol–water partition coefficient (Wildman–Crippen LogP) is 1.32. The standard InChI is InChI=1S/C11H11F3N2O3/c1-5(9(16)17)19-10(18)7-3-2-6(4-8(7)15)11(12,13)14/h2-5H,15H2,1H3,(H2,16,17)/t5-/m1/s1. The molecule has 0 saturated heterocycles. The number of nitrogens with two attached hydrogens (primary N) is 2. The highest BCUT2D eigenvalue weighted by Crippen LogP contribution is 2.31. The lowest BCUT2D eigenvalue weighted by atomic mass is 10.1. The number of alkyl halides is 3. The molecule has 19 heavy (non-hydrogen) atoms. The van der Waals surface area contributed by atoms with Gasteiger partial charge in [0, 0.05) is 5.69 Å². The van der Waals surface area contributed by atoms with Gasteiger partial charge in [0.2, 0.25) is 0 Å². The lowest BCUT2D eigenvalue weighted by Crippen LogP contribution is -2.30. The Bertz CT molecular complexity index is 514. The van der Waals surface area contributed by atoms with Crippen molar-refractivity contribution in [1.29, 1.82) is 0 Å². The molecule has 0 aromatic heterocycles. The smallest absolute Gasteiger partial charge is 0.416 e. The maximum atomic E-state index is 12.4. The number of ether oxygens (including phenoxy) is 1. The van der Waals surface area contributed by atoms with Crippen LogP contribution in [0.15, 0.2) is 18.2 Å². The molecule has 8 heteroatoms. The van der Waals surface area contributed by atoms with Crippen molar-refractivity contribution in [2.24, 2.45) is 5.73 Å². The first-order valence-electron chi connectivity index (χ1n) is 5.10. The zero-order valence-corrected chi connectivity index (χ0v) is 9.82. The van der Waals surface area contributed by atoms with Crippen LogP contribution in [0.3, 0.4) is 0 Å². The second-order valence-corrected chi connectivity index (χ2v) is 3.75. The van der Waals surface area contributed by atoms with Crippen LogP contribution < -0.4 is 11.5 Å². The molecule has 0 aliphatic carbocycles. The van der Waals surface area contributed by atoms with Crippen molar-refractivity contribution >= 4 is 17.6 Å². The van der Waals surface area contributed by atoms with Crippen LogP contribution in [0.4, 0.5) is 18.9 Å². The summed E-state index contributed by atoms with van der Waals surface area (Å²) >= 11 is 0. The Morgan fingerprint density at radius 2 is 1.89 bits per heavy atom. The van der Waals surface area contributed by atoms with Gasteiger partial charge in [0.05, 0.1) is 11.1 Å². The molecule has 5 nitrogen and oxygen atoms in total. The second-order valence-electron chi connectivity index (χ2n) is 3.75. The SMILES string of the molecule is C[C@@H](OC(=O)c1ccc(C(F)(F)F)cc1N)C(N)=O. The van der Waals surface area contributed by atoms with Gasteiger partial charge in [-0.1, -0.05) is 0 Å². The van der Waals surface area contributed by atoms with E-state index in [4.69, 9.17) is 11.5 Å². The Kier molecular flexibility index (Phi) is 4.03. The molecule has 1 rings (SSSR count). The third-order valence-electron chi connectivity index (χ3n) is 2.28. The van der Waals surface area contributed by atoms with Gasteiger partial charge >= 0.3 is 12.1 Å². The number of rotatable bonds is 3. The number of anilines is 1. The lowest BCUT2D eigenvalue weighted by molar-refractivity contribution is -0.137. The molecule has 0 spiro atoms. The van der Waals surface area contributed by atoms with E-state index in [2.05, 4.69) is 4.74 Å². The minimum Gasteiger partial charge on any atom is -0.449 e. The molecule has 0 bridgehead atoms. The third kappa shape index (κ3) is 3.60. The summed E-state index contributed by atoms with van der Waals surface area (Å²) in [6.45, 7) is 1.24. The first-order valence-corrected chi connectivity index (χ1v) is 5.10. The Morgan fingerprint density at radius 3 is 2.32 bits per heavy atom. The van der Waals surface area contributed by atoms with Crippen LogP contribution >= 0.6 is 0 Å². The molecule has 104 valence electrons. The topological polar surface area (TPSA) is 95.4 Å². The van der Waals surface area contributed by atoms with E-state index in [0.29, 0.717) is 12.1 Å². The molecule has 1 atom stereocenters. The number of hydrogen-bond donors (Lipinski definition) is 2. The molecule has 0 aliphatic heterocycles. The molecular formula is C11H11F3N2O3. The quantitative estimate of drug-likeness (QED) is 0.642. The number of hydrogen-bond acceptors (Lipinski definition) is 4. The Balaban J connectivity index is 2.97. The van der Waals surface area contributed by atoms with Crippen LogP contribution in [0.25, 0.3) is 0 Å². The van der Waals surface area contributed by atoms with E-state index in [9.17, 15) is 22.8 Å². The molecule has 0 aliphatic rings. The molecule has 4 N–H and O–H groups in total. The summed E-state index contributed by atoms with van der Waals surface area (Å²) in [4.78, 5) is 22.3. The molecule has 1 amide bonds. The van der Waals surface area contributed by atoms with Gasteiger partial charge < -0.3 is 16.2 Å². The molecule has 1 aromatic carbocycles. The van der Waals surface area contributed by atoms with E-state index in [1.807, 2.05) is 0 Å². The number of amides is 1. The second kappa shape index (κ2) is 5.17. The van der Waals surface area contributed by atoms with Crippen LogP contribution in [0, 0.1) is 0 Å². The summed E-state index contributed by atoms with van der Waals surface area (Å²) in [7, 11) is 0. The molecule has 0 fully saturated rings. The van der Waals surface area contributed by atoms with Gasteiger partial charge in [-0.25, -0.2) is 4.79 Å². The number of primary amides is 1. The van der Waals surface area contributed by atoms with E-state index < -0.39 is 35.4 Å². The largest absolute Gasteiger partial charge is 0.449 e. The van der Waals surface area contributed by atoms with Crippen LogP contribution in [-0.2, 0) is 15.7 Å². The highest BCUT2D eigenvalue weighted by molar-refractivity contribution is 5.96. The van der Waals surface area contributed by atoms with Crippen LogP contribution in [0.5, 0.6) is 0 Å². The summed E-state index contributed by atoms with van der Waals surface area (Å²) < 4.78 is 41.8. The Morgan fingerprint density at radius 1 is 1.32 bits per heavy atom. The number of carbonyl (C=O) groups excluding carboxylic acids is 2. The summed E-state index contributed by atoms with van der Waals surface area (Å²) in [5.41, 5.74) is 8.60. The number of nitrogen functional groups attached to an aromatic ring is 1. The summed E-state index contributed by atoms with van der Waals surface area (Å²) in [6, 6.07) is 2.20. The molecule has 0 saturated carbocycles. The molecule has 0 heterocycles. The fourth-order valence-corrected chi connectivity index (χ4v) is 1.21. The average molecular weight is 276 g/mol. The van der Waals surface area contributed by atoms with E-state index in [-0.39, 0.29) is 5.56 Å². The van der Waals surface area contributed by atoms with E-state index in [0.717, 1.165) is 6.07 Å². The van der Waals surface area contributed by atoms with Gasteiger partial charge in [0.15, 0.2) is 6.10 Å². The molecule has 1 aromatic rings. The fourth-order valence-electron chi connectivity index (χ4n) is 1.21. The van der Waals surface area contributed by atoms with E-state index >= 15 is 0 Å². The van der Waals surface area contributed by atoms with Gasteiger partial charge in [-0.3, -0.25) is 4.79 Å². The maximum Gasteiger partial charge on any atom is 0.416 e. The summed E-state index contributed by atoms with van der Waals surface area (Å²) in [6.07, 6.45) is -5.76. The highest BCUT2D eigenvalue weighted by atomic mass is 19.4. The predicted molar refractivity (Wildman–Crippen MR) is 59.9 cm³/mol. The first kappa shape index (κ1) is 14.8. The van der Waals surface area contributed by atoms with Crippen LogP contribution in [-0.4, -0.2) is 18.0 Å². The number of carbonyl (C=O) groups is 2. The van der Waals surface area contributed by atoms with Crippen LogP contribution in [0.2, 0.25) is 0 Å². The highest BCUT2D eigenvalue weighted by Gasteiger charge is 2.31. The van der Waals surface area contributed by atoms with Gasteiger partial charge in [-0.15, -0.1) is 0 Å². The third-order valence-corrected chi connectivity index (χ3v) is 2.28. The zero-order valence-electron chi connectivity index (χ0n) is 9.82. The zero-order chi connectivity index (χ0) is 14.8. The van der Waals surface area contributed by atoms with Crippen molar-refractivity contribution < 1.29 is 27.5 Å². The summed E-state index contributed by atoms with van der Waals surface area (Å²) in [5, 5.41) is 0. The van der Waals surface area contributed by atoms with Gasteiger partial charge in [-0.05, 0) is 25.1 Å². The minimum atomic E-state index is -4.56. The number of halogens is 3. The fraction of sp³-hybridized carbons (Fsp3) is 0.273. The Hall–Kier alpha value is -2.25. The minimum absolute atomic E-state index is 0.263. The van der Waals surface area contributed by atoms with Crippen LogP contribution in [0.1, 0.15) is 22.8 Å². The van der Waals surface area contributed by atoms with Crippen molar-refractivity contribution in [3.63, 3.8) is 0 Å². The van der Waals surface area contributed by atoms with Crippen molar-refractivity contribution in [3.8, 4) is 0 Å². The lowest BCUT2D eigenvalue weighted by Gasteiger charge is -2.12. The first-order chi connectivity index (χ1) is 8.62. The van der Waals surface area contributed by atoms with Crippen molar-refractivity contribution in [2.45, 2.75) is 19.2 Å². The average Bonchev–Trinajstić information content (AvgIpc) is 2.27. The molecule has 0 radical (unpaired) electrons. The van der Waals surface area contributed by atoms with Crippen molar-refractivity contribution in [1.82, 2.24) is 0 Å². The number of esters is 1.